The Hall–Kier alpha value is -3.02. The molecule has 130 valence electrons. The van der Waals surface area contributed by atoms with Crippen molar-refractivity contribution in [1.82, 2.24) is 0 Å². The summed E-state index contributed by atoms with van der Waals surface area (Å²) < 4.78 is 5.52. The van der Waals surface area contributed by atoms with Gasteiger partial charge in [-0.1, -0.05) is 0 Å². The van der Waals surface area contributed by atoms with Crippen LogP contribution in [0.4, 0.5) is 11.4 Å². The van der Waals surface area contributed by atoms with E-state index >= 15 is 0 Å². The number of aryl methyl sites for hydroxylation is 1. The van der Waals surface area contributed by atoms with Crippen LogP contribution >= 0.6 is 0 Å². The number of rotatable bonds is 6. The van der Waals surface area contributed by atoms with Crippen molar-refractivity contribution in [3.63, 3.8) is 0 Å². The smallest absolute Gasteiger partial charge is 0.248 e. The Balaban J connectivity index is 1.47. The van der Waals surface area contributed by atoms with Gasteiger partial charge in [0.15, 0.2) is 0 Å². The summed E-state index contributed by atoms with van der Waals surface area (Å²) in [6.45, 7) is 1.25. The first-order chi connectivity index (χ1) is 12.1. The fourth-order valence-electron chi connectivity index (χ4n) is 2.75. The van der Waals surface area contributed by atoms with E-state index in [1.165, 1.54) is 5.56 Å². The number of anilines is 2. The van der Waals surface area contributed by atoms with Crippen LogP contribution in [0.1, 0.15) is 28.8 Å². The fourth-order valence-corrected chi connectivity index (χ4v) is 2.75. The second-order valence-electron chi connectivity index (χ2n) is 5.94. The molecule has 1 aliphatic rings. The second kappa shape index (κ2) is 7.70. The molecule has 0 bridgehead atoms. The van der Waals surface area contributed by atoms with Gasteiger partial charge in [-0.15, -0.1) is 0 Å². The van der Waals surface area contributed by atoms with E-state index in [1.807, 2.05) is 18.2 Å². The number of hydrogen-bond donors (Lipinski definition) is 3. The molecule has 1 heterocycles. The van der Waals surface area contributed by atoms with E-state index in [1.54, 1.807) is 24.3 Å². The molecule has 0 unspecified atom stereocenters. The number of nitrogens with two attached hydrogens (primary N) is 1. The summed E-state index contributed by atoms with van der Waals surface area (Å²) in [4.78, 5) is 23.0. The predicted molar refractivity (Wildman–Crippen MR) is 97.0 cm³/mol. The molecule has 4 N–H and O–H groups in total. The maximum Gasteiger partial charge on any atom is 0.248 e. The lowest BCUT2D eigenvalue weighted by molar-refractivity contribution is -0.116. The predicted octanol–water partition coefficient (Wildman–Crippen LogP) is 2.55. The number of primary amides is 1. The largest absolute Gasteiger partial charge is 0.493 e. The van der Waals surface area contributed by atoms with E-state index in [0.717, 1.165) is 30.8 Å². The first kappa shape index (κ1) is 16.8. The van der Waals surface area contributed by atoms with E-state index < -0.39 is 5.91 Å². The molecule has 6 nitrogen and oxygen atoms in total. The van der Waals surface area contributed by atoms with Gasteiger partial charge in [0.2, 0.25) is 11.8 Å². The van der Waals surface area contributed by atoms with Crippen LogP contribution in [-0.2, 0) is 11.2 Å². The Labute approximate surface area is 146 Å². The summed E-state index contributed by atoms with van der Waals surface area (Å²) in [6.07, 6.45) is 2.37. The summed E-state index contributed by atoms with van der Waals surface area (Å²) >= 11 is 0. The highest BCUT2D eigenvalue weighted by atomic mass is 16.5. The van der Waals surface area contributed by atoms with Crippen LogP contribution in [0.5, 0.6) is 5.75 Å². The normalized spacial score (nSPS) is 12.6. The first-order valence-corrected chi connectivity index (χ1v) is 8.31. The lowest BCUT2D eigenvalue weighted by Crippen LogP contribution is -2.16. The van der Waals surface area contributed by atoms with Gasteiger partial charge in [-0.2, -0.15) is 0 Å². The zero-order valence-corrected chi connectivity index (χ0v) is 13.9. The van der Waals surface area contributed by atoms with Crippen molar-refractivity contribution in [2.24, 2.45) is 5.73 Å². The van der Waals surface area contributed by atoms with Crippen LogP contribution in [0.15, 0.2) is 42.5 Å². The van der Waals surface area contributed by atoms with Crippen LogP contribution in [-0.4, -0.2) is 25.0 Å². The molecular formula is C19H21N3O3. The summed E-state index contributed by atoms with van der Waals surface area (Å²) in [7, 11) is 0. The van der Waals surface area contributed by atoms with Crippen molar-refractivity contribution in [2.75, 3.05) is 23.8 Å². The highest BCUT2D eigenvalue weighted by Crippen LogP contribution is 2.25. The average molecular weight is 339 g/mol. The van der Waals surface area contributed by atoms with E-state index in [4.69, 9.17) is 10.5 Å². The molecule has 0 atom stereocenters. The molecule has 0 radical (unpaired) electrons. The third-order valence-corrected chi connectivity index (χ3v) is 4.06. The molecule has 25 heavy (non-hydrogen) atoms. The maximum absolute atomic E-state index is 12.0. The zero-order chi connectivity index (χ0) is 17.6. The highest BCUT2D eigenvalue weighted by molar-refractivity contribution is 5.93. The molecular weight excluding hydrogens is 318 g/mol. The Morgan fingerprint density at radius 2 is 1.96 bits per heavy atom. The lowest BCUT2D eigenvalue weighted by atomic mass is 10.0. The van der Waals surface area contributed by atoms with Crippen molar-refractivity contribution in [3.05, 3.63) is 53.6 Å². The van der Waals surface area contributed by atoms with Crippen LogP contribution in [0.3, 0.4) is 0 Å². The Morgan fingerprint density at radius 1 is 1.16 bits per heavy atom. The van der Waals surface area contributed by atoms with Gasteiger partial charge in [0.05, 0.1) is 13.0 Å². The van der Waals surface area contributed by atoms with Gasteiger partial charge < -0.3 is 21.1 Å². The second-order valence-corrected chi connectivity index (χ2v) is 5.94. The van der Waals surface area contributed by atoms with Crippen molar-refractivity contribution in [1.29, 1.82) is 0 Å². The van der Waals surface area contributed by atoms with Crippen molar-refractivity contribution in [2.45, 2.75) is 19.3 Å². The minimum Gasteiger partial charge on any atom is -0.493 e. The van der Waals surface area contributed by atoms with Crippen LogP contribution in [0, 0.1) is 0 Å². The minimum absolute atomic E-state index is 0.0996. The standard InChI is InChI=1S/C19H21N3O3/c20-19(24)13-3-6-16(7-4-13)25-11-9-18(23)22-15-5-8-17-14(12-15)2-1-10-21-17/h3-8,12,21H,1-2,9-11H2,(H2,20,24)(H,22,23). The number of carbonyl (C=O) groups excluding carboxylic acids is 2. The molecule has 0 aliphatic carbocycles. The monoisotopic (exact) mass is 339 g/mol. The first-order valence-electron chi connectivity index (χ1n) is 8.31. The van der Waals surface area contributed by atoms with Gasteiger partial charge in [-0.05, 0) is 60.9 Å². The molecule has 0 saturated carbocycles. The SMILES string of the molecule is NC(=O)c1ccc(OCCC(=O)Nc2ccc3c(c2)CCCN3)cc1. The molecule has 1 aliphatic heterocycles. The van der Waals surface area contributed by atoms with Gasteiger partial charge in [-0.3, -0.25) is 9.59 Å². The number of benzene rings is 2. The number of amides is 2. The summed E-state index contributed by atoms with van der Waals surface area (Å²) in [5.41, 5.74) is 8.79. The number of hydrogen-bond acceptors (Lipinski definition) is 4. The molecule has 0 spiro atoms. The van der Waals surface area contributed by atoms with Crippen molar-refractivity contribution in [3.8, 4) is 5.75 Å². The molecule has 2 aromatic rings. The maximum atomic E-state index is 12.0. The fraction of sp³-hybridized carbons (Fsp3) is 0.263. The number of fused-ring (bicyclic) bond motifs is 1. The summed E-state index contributed by atoms with van der Waals surface area (Å²) in [5, 5.41) is 6.24. The Kier molecular flexibility index (Phi) is 5.18. The number of carbonyl (C=O) groups is 2. The Bertz CT molecular complexity index is 772. The third kappa shape index (κ3) is 4.50. The van der Waals surface area contributed by atoms with Gasteiger partial charge in [0, 0.05) is 23.5 Å². The summed E-state index contributed by atoms with van der Waals surface area (Å²) in [5.74, 6) is 0.0151. The molecule has 0 fully saturated rings. The lowest BCUT2D eigenvalue weighted by Gasteiger charge is -2.18. The molecule has 6 heteroatoms. The van der Waals surface area contributed by atoms with E-state index in [2.05, 4.69) is 10.6 Å². The van der Waals surface area contributed by atoms with E-state index in [-0.39, 0.29) is 18.9 Å². The topological polar surface area (TPSA) is 93.5 Å². The van der Waals surface area contributed by atoms with Crippen LogP contribution < -0.4 is 21.1 Å². The van der Waals surface area contributed by atoms with Crippen LogP contribution in [0.25, 0.3) is 0 Å². The highest BCUT2D eigenvalue weighted by Gasteiger charge is 2.10. The summed E-state index contributed by atoms with van der Waals surface area (Å²) in [6, 6.07) is 12.4. The van der Waals surface area contributed by atoms with Gasteiger partial charge in [0.25, 0.3) is 0 Å². The minimum atomic E-state index is -0.480. The van der Waals surface area contributed by atoms with E-state index in [0.29, 0.717) is 11.3 Å². The average Bonchev–Trinajstić information content (AvgIpc) is 2.62. The third-order valence-electron chi connectivity index (χ3n) is 4.06. The molecule has 0 aromatic heterocycles. The van der Waals surface area contributed by atoms with Gasteiger partial charge in [-0.25, -0.2) is 0 Å². The molecule has 2 aromatic carbocycles. The Morgan fingerprint density at radius 3 is 2.72 bits per heavy atom. The molecule has 0 saturated heterocycles. The van der Waals surface area contributed by atoms with Crippen molar-refractivity contribution < 1.29 is 14.3 Å². The van der Waals surface area contributed by atoms with E-state index in [9.17, 15) is 9.59 Å². The zero-order valence-electron chi connectivity index (χ0n) is 13.9. The number of ether oxygens (including phenoxy) is 1. The molecule has 2 amide bonds. The van der Waals surface area contributed by atoms with Crippen LogP contribution in [0.2, 0.25) is 0 Å². The van der Waals surface area contributed by atoms with Gasteiger partial charge in [0.1, 0.15) is 5.75 Å². The van der Waals surface area contributed by atoms with Gasteiger partial charge >= 0.3 is 0 Å². The quantitative estimate of drug-likeness (QED) is 0.754. The molecule has 3 rings (SSSR count). The number of nitrogens with one attached hydrogen (secondary N) is 2. The van der Waals surface area contributed by atoms with Crippen molar-refractivity contribution >= 4 is 23.2 Å².